The molecule has 0 atom stereocenters. The van der Waals surface area contributed by atoms with Crippen molar-refractivity contribution in [3.63, 3.8) is 0 Å². The monoisotopic (exact) mass is 762 g/mol. The van der Waals surface area contributed by atoms with E-state index in [0.29, 0.717) is 0 Å². The fraction of sp³-hybridized carbons (Fsp3) is 0. The standard InChI is InChI=1S/C42H33As3/c1-6-20-34(21-7-1)43(35-22-8-2-9-23-35)39-30-16-18-32-41(39)45(38-28-14-5-15-29-38)42-33-19-17-31-40(42)44(36-24-10-3-11-25-36)37-26-12-4-13-27-37/h1-33H. The van der Waals surface area contributed by atoms with Crippen molar-refractivity contribution in [2.75, 3.05) is 0 Å². The van der Waals surface area contributed by atoms with Gasteiger partial charge in [-0.3, -0.25) is 0 Å². The third-order valence-corrected chi connectivity index (χ3v) is 25.3. The SMILES string of the molecule is c1ccc([As](c2ccccc2)c2ccccc2[As](c2ccccc2)c2ccccc2[As](c2ccccc2)c2ccccc2)cc1. The van der Waals surface area contributed by atoms with Crippen molar-refractivity contribution in [2.45, 2.75) is 0 Å². The van der Waals surface area contributed by atoms with E-state index in [4.69, 9.17) is 0 Å². The van der Waals surface area contributed by atoms with E-state index in [9.17, 15) is 0 Å². The fourth-order valence-corrected chi connectivity index (χ4v) is 24.9. The van der Waals surface area contributed by atoms with Crippen molar-refractivity contribution in [3.8, 4) is 0 Å². The predicted molar refractivity (Wildman–Crippen MR) is 199 cm³/mol. The van der Waals surface area contributed by atoms with Crippen LogP contribution < -0.4 is 39.2 Å². The molecular formula is C42H33As3. The van der Waals surface area contributed by atoms with E-state index < -0.39 is 44.0 Å². The second kappa shape index (κ2) is 14.5. The third-order valence-electron chi connectivity index (χ3n) is 7.80. The average Bonchev–Trinajstić information content (AvgIpc) is 3.12. The first kappa shape index (κ1) is 29.9. The molecule has 45 heavy (non-hydrogen) atoms. The van der Waals surface area contributed by atoms with Crippen LogP contribution in [0.2, 0.25) is 0 Å². The molecule has 0 amide bonds. The Hall–Kier alpha value is -3.78. The van der Waals surface area contributed by atoms with Crippen LogP contribution in [-0.4, -0.2) is 44.0 Å². The van der Waals surface area contributed by atoms with Gasteiger partial charge in [0.05, 0.1) is 0 Å². The number of hydrogen-bond donors (Lipinski definition) is 0. The van der Waals surface area contributed by atoms with E-state index in [1.807, 2.05) is 0 Å². The van der Waals surface area contributed by atoms with Gasteiger partial charge in [0.1, 0.15) is 0 Å². The van der Waals surface area contributed by atoms with Gasteiger partial charge in [-0.2, -0.15) is 0 Å². The van der Waals surface area contributed by atoms with Gasteiger partial charge < -0.3 is 0 Å². The summed E-state index contributed by atoms with van der Waals surface area (Å²) in [6.07, 6.45) is 0. The Balaban J connectivity index is 1.49. The summed E-state index contributed by atoms with van der Waals surface area (Å²) in [6, 6.07) is 75.4. The molecule has 0 heterocycles. The molecule has 0 aliphatic rings. The quantitative estimate of drug-likeness (QED) is 0.199. The number of benzene rings is 7. The molecular weight excluding hydrogens is 729 g/mol. The molecule has 0 fully saturated rings. The normalized spacial score (nSPS) is 11.3. The Morgan fingerprint density at radius 1 is 0.178 bits per heavy atom. The summed E-state index contributed by atoms with van der Waals surface area (Å²) in [7, 11) is 0. The van der Waals surface area contributed by atoms with Crippen LogP contribution in [0.4, 0.5) is 0 Å². The molecule has 0 saturated heterocycles. The zero-order valence-corrected chi connectivity index (χ0v) is 30.5. The summed E-state index contributed by atoms with van der Waals surface area (Å²) in [6.45, 7) is 0. The zero-order chi connectivity index (χ0) is 30.3. The van der Waals surface area contributed by atoms with Gasteiger partial charge in [0, 0.05) is 0 Å². The van der Waals surface area contributed by atoms with Gasteiger partial charge in [-0.25, -0.2) is 0 Å². The summed E-state index contributed by atoms with van der Waals surface area (Å²) >= 11 is -5.74. The maximum atomic E-state index is 2.47. The van der Waals surface area contributed by atoms with Crippen molar-refractivity contribution < 1.29 is 0 Å². The first-order valence-corrected chi connectivity index (χ1v) is 23.7. The molecule has 7 rings (SSSR count). The summed E-state index contributed by atoms with van der Waals surface area (Å²) in [5.74, 6) is 0. The number of rotatable bonds is 9. The number of hydrogen-bond acceptors (Lipinski definition) is 0. The molecule has 0 radical (unpaired) electrons. The first-order valence-electron chi connectivity index (χ1n) is 15.2. The molecule has 0 aliphatic carbocycles. The molecule has 0 unspecified atom stereocenters. The van der Waals surface area contributed by atoms with Gasteiger partial charge in [-0.1, -0.05) is 0 Å². The van der Waals surface area contributed by atoms with Crippen LogP contribution in [-0.2, 0) is 0 Å². The van der Waals surface area contributed by atoms with E-state index in [2.05, 4.69) is 200 Å². The second-order valence-corrected chi connectivity index (χ2v) is 24.3. The van der Waals surface area contributed by atoms with Crippen molar-refractivity contribution in [1.29, 1.82) is 0 Å². The molecule has 216 valence electrons. The van der Waals surface area contributed by atoms with Gasteiger partial charge in [0.15, 0.2) is 0 Å². The van der Waals surface area contributed by atoms with Crippen LogP contribution >= 0.6 is 0 Å². The third kappa shape index (κ3) is 6.62. The summed E-state index contributed by atoms with van der Waals surface area (Å²) in [4.78, 5) is 0. The van der Waals surface area contributed by atoms with Gasteiger partial charge in [0.2, 0.25) is 0 Å². The molecule has 0 saturated carbocycles. The summed E-state index contributed by atoms with van der Waals surface area (Å²) in [5, 5.41) is 0. The minimum atomic E-state index is -2.02. The summed E-state index contributed by atoms with van der Waals surface area (Å²) in [5.41, 5.74) is 0. The molecule has 0 bridgehead atoms. The molecule has 0 aliphatic heterocycles. The fourth-order valence-electron chi connectivity index (χ4n) is 5.83. The van der Waals surface area contributed by atoms with E-state index in [1.165, 1.54) is 21.8 Å². The Labute approximate surface area is 281 Å². The predicted octanol–water partition coefficient (Wildman–Crippen LogP) is 3.24. The van der Waals surface area contributed by atoms with Crippen molar-refractivity contribution in [3.05, 3.63) is 200 Å². The maximum absolute atomic E-state index is 2.47. The Morgan fingerprint density at radius 3 is 0.600 bits per heavy atom. The topological polar surface area (TPSA) is 0 Å². The molecule has 0 spiro atoms. The van der Waals surface area contributed by atoms with Crippen LogP contribution in [0.1, 0.15) is 0 Å². The van der Waals surface area contributed by atoms with Crippen molar-refractivity contribution in [1.82, 2.24) is 0 Å². The van der Waals surface area contributed by atoms with Crippen LogP contribution in [0.25, 0.3) is 0 Å². The molecule has 3 heteroatoms. The van der Waals surface area contributed by atoms with E-state index in [0.717, 1.165) is 0 Å². The molecule has 0 aromatic heterocycles. The molecule has 7 aromatic rings. The molecule has 0 N–H and O–H groups in total. The van der Waals surface area contributed by atoms with Gasteiger partial charge in [-0.05, 0) is 0 Å². The van der Waals surface area contributed by atoms with E-state index in [-0.39, 0.29) is 0 Å². The van der Waals surface area contributed by atoms with Gasteiger partial charge in [-0.15, -0.1) is 0 Å². The van der Waals surface area contributed by atoms with E-state index >= 15 is 0 Å². The van der Waals surface area contributed by atoms with Crippen LogP contribution in [0.5, 0.6) is 0 Å². The molecule has 7 aromatic carbocycles. The average molecular weight is 762 g/mol. The van der Waals surface area contributed by atoms with Crippen molar-refractivity contribution >= 4 is 83.1 Å². The zero-order valence-electron chi connectivity index (χ0n) is 24.9. The summed E-state index contributed by atoms with van der Waals surface area (Å²) < 4.78 is 13.6. The molecule has 0 nitrogen and oxygen atoms in total. The van der Waals surface area contributed by atoms with Gasteiger partial charge >= 0.3 is 283 Å². The van der Waals surface area contributed by atoms with Crippen LogP contribution in [0, 0.1) is 0 Å². The second-order valence-electron chi connectivity index (χ2n) is 10.7. The van der Waals surface area contributed by atoms with Crippen LogP contribution in [0.15, 0.2) is 200 Å². The van der Waals surface area contributed by atoms with Crippen molar-refractivity contribution in [2.24, 2.45) is 0 Å². The Kier molecular flexibility index (Phi) is 9.66. The first-order chi connectivity index (χ1) is 22.4. The Bertz CT molecular complexity index is 1740. The van der Waals surface area contributed by atoms with Gasteiger partial charge in [0.25, 0.3) is 0 Å². The minimum absolute atomic E-state index is 1.47. The Morgan fingerprint density at radius 2 is 0.356 bits per heavy atom. The van der Waals surface area contributed by atoms with Crippen LogP contribution in [0.3, 0.4) is 0 Å². The van der Waals surface area contributed by atoms with E-state index in [1.54, 1.807) is 17.4 Å².